The lowest BCUT2D eigenvalue weighted by Gasteiger charge is -2.01. The standard InChI is InChI=1S/C15H14N4O2S2.BrH/c1-8-13(23-15(16-8)17-9(2)20)12-7-22-14(19-12)18-10-3-5-11(21)6-4-10;/h3-7,21H,1-2H3,(H,18,19)(H,16,17,20);1H/p-1. The Hall–Kier alpha value is -1.97. The molecule has 24 heavy (non-hydrogen) atoms. The molecule has 6 nitrogen and oxygen atoms in total. The van der Waals surface area contributed by atoms with Gasteiger partial charge in [0.25, 0.3) is 0 Å². The van der Waals surface area contributed by atoms with Gasteiger partial charge in [0.1, 0.15) is 5.75 Å². The fraction of sp³-hybridized carbons (Fsp3) is 0.133. The number of phenols is 1. The van der Waals surface area contributed by atoms with E-state index in [1.54, 1.807) is 24.3 Å². The molecule has 0 atom stereocenters. The molecular weight excluding hydrogens is 412 g/mol. The molecule has 0 aliphatic heterocycles. The van der Waals surface area contributed by atoms with Gasteiger partial charge < -0.3 is 32.7 Å². The van der Waals surface area contributed by atoms with Crippen molar-refractivity contribution in [3.63, 3.8) is 0 Å². The third-order valence-corrected chi connectivity index (χ3v) is 4.79. The van der Waals surface area contributed by atoms with Gasteiger partial charge in [-0.2, -0.15) is 0 Å². The molecule has 0 aliphatic carbocycles. The molecule has 1 amide bonds. The van der Waals surface area contributed by atoms with Gasteiger partial charge >= 0.3 is 0 Å². The fourth-order valence-corrected chi connectivity index (χ4v) is 3.71. The average Bonchev–Trinajstić information content (AvgIpc) is 3.07. The number of aryl methyl sites for hydroxylation is 1. The second kappa shape index (κ2) is 7.73. The molecule has 3 rings (SSSR count). The number of nitrogens with zero attached hydrogens (tertiary/aromatic N) is 2. The molecule has 126 valence electrons. The first-order chi connectivity index (χ1) is 11.0. The maximum absolute atomic E-state index is 11.1. The minimum Gasteiger partial charge on any atom is -1.00 e. The first kappa shape index (κ1) is 18.4. The van der Waals surface area contributed by atoms with E-state index in [4.69, 9.17) is 0 Å². The van der Waals surface area contributed by atoms with E-state index in [0.717, 1.165) is 27.1 Å². The number of carbonyl (C=O) groups is 1. The Morgan fingerprint density at radius 3 is 2.54 bits per heavy atom. The van der Waals surface area contributed by atoms with E-state index >= 15 is 0 Å². The highest BCUT2D eigenvalue weighted by atomic mass is 79.9. The molecular formula is C15H14BrN4O2S2-. The zero-order valence-electron chi connectivity index (χ0n) is 12.8. The third-order valence-electron chi connectivity index (χ3n) is 2.93. The third kappa shape index (κ3) is 4.31. The van der Waals surface area contributed by atoms with Gasteiger partial charge in [0.05, 0.1) is 16.3 Å². The van der Waals surface area contributed by atoms with Crippen LogP contribution in [-0.2, 0) is 4.79 Å². The van der Waals surface area contributed by atoms with Crippen molar-refractivity contribution < 1.29 is 26.9 Å². The van der Waals surface area contributed by atoms with E-state index in [9.17, 15) is 9.90 Å². The highest BCUT2D eigenvalue weighted by molar-refractivity contribution is 7.20. The van der Waals surface area contributed by atoms with E-state index in [1.807, 2.05) is 12.3 Å². The minimum absolute atomic E-state index is 0. The predicted octanol–water partition coefficient (Wildman–Crippen LogP) is 0.987. The lowest BCUT2D eigenvalue weighted by Crippen LogP contribution is -3.00. The number of phenolic OH excluding ortho intramolecular Hbond substituents is 1. The Kier molecular flexibility index (Phi) is 5.92. The molecule has 0 fully saturated rings. The van der Waals surface area contributed by atoms with Gasteiger partial charge in [0, 0.05) is 18.0 Å². The molecule has 2 aromatic heterocycles. The number of hydrogen-bond donors (Lipinski definition) is 3. The molecule has 0 aliphatic rings. The quantitative estimate of drug-likeness (QED) is 0.542. The van der Waals surface area contributed by atoms with Crippen LogP contribution >= 0.6 is 22.7 Å². The Balaban J connectivity index is 0.00000208. The summed E-state index contributed by atoms with van der Waals surface area (Å²) in [6, 6.07) is 6.79. The monoisotopic (exact) mass is 425 g/mol. The number of rotatable bonds is 4. The number of benzene rings is 1. The van der Waals surface area contributed by atoms with Crippen LogP contribution in [0.3, 0.4) is 0 Å². The van der Waals surface area contributed by atoms with Gasteiger partial charge in [-0.25, -0.2) is 9.97 Å². The summed E-state index contributed by atoms with van der Waals surface area (Å²) >= 11 is 2.88. The maximum Gasteiger partial charge on any atom is 0.223 e. The van der Waals surface area contributed by atoms with Gasteiger partial charge in [0.15, 0.2) is 10.3 Å². The number of aromatic nitrogens is 2. The van der Waals surface area contributed by atoms with Crippen molar-refractivity contribution in [1.29, 1.82) is 0 Å². The summed E-state index contributed by atoms with van der Waals surface area (Å²) in [5.41, 5.74) is 2.51. The highest BCUT2D eigenvalue weighted by Gasteiger charge is 2.14. The summed E-state index contributed by atoms with van der Waals surface area (Å²) in [4.78, 5) is 20.9. The van der Waals surface area contributed by atoms with E-state index < -0.39 is 0 Å². The van der Waals surface area contributed by atoms with Gasteiger partial charge in [-0.15, -0.1) is 11.3 Å². The van der Waals surface area contributed by atoms with Crippen LogP contribution in [-0.4, -0.2) is 21.0 Å². The van der Waals surface area contributed by atoms with Crippen LogP contribution in [0.4, 0.5) is 16.0 Å². The average molecular weight is 426 g/mol. The predicted molar refractivity (Wildman–Crippen MR) is 93.7 cm³/mol. The fourth-order valence-electron chi connectivity index (χ4n) is 1.94. The number of amides is 1. The van der Waals surface area contributed by atoms with Crippen LogP contribution in [0.2, 0.25) is 0 Å². The molecule has 0 unspecified atom stereocenters. The summed E-state index contributed by atoms with van der Waals surface area (Å²) < 4.78 is 0. The summed E-state index contributed by atoms with van der Waals surface area (Å²) in [6.07, 6.45) is 0. The smallest absolute Gasteiger partial charge is 0.223 e. The maximum atomic E-state index is 11.1. The second-order valence-electron chi connectivity index (χ2n) is 4.82. The molecule has 0 bridgehead atoms. The first-order valence-corrected chi connectivity index (χ1v) is 8.48. The molecule has 3 N–H and O–H groups in total. The van der Waals surface area contributed by atoms with Crippen LogP contribution in [0.1, 0.15) is 12.6 Å². The number of anilines is 3. The number of aromatic hydroxyl groups is 1. The van der Waals surface area contributed by atoms with Crippen LogP contribution in [0.5, 0.6) is 5.75 Å². The Labute approximate surface area is 157 Å². The van der Waals surface area contributed by atoms with Crippen molar-refractivity contribution in [2.75, 3.05) is 10.6 Å². The van der Waals surface area contributed by atoms with E-state index in [0.29, 0.717) is 5.13 Å². The largest absolute Gasteiger partial charge is 1.00 e. The summed E-state index contributed by atoms with van der Waals surface area (Å²) in [5.74, 6) is 0.0828. The van der Waals surface area contributed by atoms with Crippen LogP contribution in [0, 0.1) is 6.92 Å². The number of halogens is 1. The normalized spacial score (nSPS) is 10.1. The topological polar surface area (TPSA) is 87.1 Å². The number of carbonyl (C=O) groups excluding carboxylic acids is 1. The minimum atomic E-state index is -0.140. The van der Waals surface area contributed by atoms with E-state index in [2.05, 4.69) is 20.6 Å². The van der Waals surface area contributed by atoms with E-state index in [-0.39, 0.29) is 28.6 Å². The van der Waals surface area contributed by atoms with Gasteiger partial charge in [0.2, 0.25) is 5.91 Å². The summed E-state index contributed by atoms with van der Waals surface area (Å²) in [5, 5.41) is 18.4. The van der Waals surface area contributed by atoms with Gasteiger partial charge in [-0.1, -0.05) is 11.3 Å². The SMILES string of the molecule is CC(=O)Nc1nc(C)c(-c2csc(Nc3ccc(O)cc3)n2)s1.[Br-]. The van der Waals surface area contributed by atoms with Crippen molar-refractivity contribution in [2.24, 2.45) is 0 Å². The molecule has 0 saturated heterocycles. The number of hydrogen-bond acceptors (Lipinski definition) is 7. The van der Waals surface area contributed by atoms with Crippen molar-refractivity contribution in [3.8, 4) is 16.3 Å². The molecule has 9 heteroatoms. The molecule has 0 spiro atoms. The lowest BCUT2D eigenvalue weighted by atomic mass is 10.3. The number of thiazole rings is 2. The van der Waals surface area contributed by atoms with Crippen LogP contribution < -0.4 is 27.6 Å². The Bertz CT molecular complexity index is 846. The highest BCUT2D eigenvalue weighted by Crippen LogP contribution is 2.35. The van der Waals surface area contributed by atoms with Gasteiger partial charge in [-0.05, 0) is 31.2 Å². The van der Waals surface area contributed by atoms with Gasteiger partial charge in [-0.3, -0.25) is 4.79 Å². The number of nitrogens with one attached hydrogen (secondary N) is 2. The van der Waals surface area contributed by atoms with Crippen LogP contribution in [0.25, 0.3) is 10.6 Å². The Morgan fingerprint density at radius 1 is 1.17 bits per heavy atom. The van der Waals surface area contributed by atoms with Crippen molar-refractivity contribution in [3.05, 3.63) is 35.3 Å². The zero-order valence-corrected chi connectivity index (χ0v) is 16.1. The molecule has 3 aromatic rings. The Morgan fingerprint density at radius 2 is 1.88 bits per heavy atom. The van der Waals surface area contributed by atoms with Crippen LogP contribution in [0.15, 0.2) is 29.6 Å². The first-order valence-electron chi connectivity index (χ1n) is 6.78. The molecule has 2 heterocycles. The molecule has 0 saturated carbocycles. The van der Waals surface area contributed by atoms with Crippen molar-refractivity contribution in [1.82, 2.24) is 9.97 Å². The summed E-state index contributed by atoms with van der Waals surface area (Å²) in [6.45, 7) is 3.35. The summed E-state index contributed by atoms with van der Waals surface area (Å²) in [7, 11) is 0. The van der Waals surface area contributed by atoms with E-state index in [1.165, 1.54) is 29.6 Å². The second-order valence-corrected chi connectivity index (χ2v) is 6.68. The lowest BCUT2D eigenvalue weighted by molar-refractivity contribution is -0.114. The molecule has 1 aromatic carbocycles. The van der Waals surface area contributed by atoms with Crippen molar-refractivity contribution in [2.45, 2.75) is 13.8 Å². The molecule has 0 radical (unpaired) electrons. The zero-order chi connectivity index (χ0) is 16.4. The van der Waals surface area contributed by atoms with Crippen molar-refractivity contribution >= 4 is 44.5 Å².